The number of carbonyl (C=O) groups is 2. The van der Waals surface area contributed by atoms with E-state index in [0.717, 1.165) is 13.1 Å². The lowest BCUT2D eigenvalue weighted by Crippen LogP contribution is -2.32. The maximum Gasteiger partial charge on any atom is 0.303 e. The quantitative estimate of drug-likeness (QED) is 0.843. The van der Waals surface area contributed by atoms with Crippen LogP contribution < -0.4 is 0 Å². The fourth-order valence-corrected chi connectivity index (χ4v) is 3.32. The van der Waals surface area contributed by atoms with Crippen LogP contribution in [0.25, 0.3) is 0 Å². The first kappa shape index (κ1) is 20.9. The zero-order valence-electron chi connectivity index (χ0n) is 15.2. The first-order valence-electron chi connectivity index (χ1n) is 8.92. The maximum absolute atomic E-state index is 11.9. The van der Waals surface area contributed by atoms with Crippen molar-refractivity contribution in [2.45, 2.75) is 79.6 Å². The Morgan fingerprint density at radius 2 is 1.77 bits per heavy atom. The standard InChI is InChI=1S/C13H21NO3.C3H8.C2H6/c1-13-7-3-2-4-10(13)8-14(9-13)11(15)5-6-12(16)17;1-3-2;1-2/h10H,2-9H2,1H3,(H,16,17);3H2,1-2H3;1-2H3/t10-,13+;;/m1../s1. The van der Waals surface area contributed by atoms with Gasteiger partial charge in [-0.25, -0.2) is 0 Å². The average Bonchev–Trinajstić information content (AvgIpc) is 2.85. The Hall–Kier alpha value is -1.06. The number of hydrogen-bond donors (Lipinski definition) is 1. The number of aliphatic carboxylic acids is 1. The summed E-state index contributed by atoms with van der Waals surface area (Å²) >= 11 is 0. The topological polar surface area (TPSA) is 57.6 Å². The molecule has 1 N–H and O–H groups in total. The van der Waals surface area contributed by atoms with Crippen LogP contribution in [0, 0.1) is 11.3 Å². The Morgan fingerprint density at radius 1 is 1.18 bits per heavy atom. The summed E-state index contributed by atoms with van der Waals surface area (Å²) < 4.78 is 0. The molecule has 1 saturated carbocycles. The second-order valence-electron chi connectivity index (χ2n) is 6.47. The summed E-state index contributed by atoms with van der Waals surface area (Å²) in [6.45, 7) is 12.2. The third-order valence-electron chi connectivity index (χ3n) is 4.43. The van der Waals surface area contributed by atoms with E-state index in [9.17, 15) is 9.59 Å². The fraction of sp³-hybridized carbons (Fsp3) is 0.889. The smallest absolute Gasteiger partial charge is 0.303 e. The first-order valence-corrected chi connectivity index (χ1v) is 8.92. The van der Waals surface area contributed by atoms with Gasteiger partial charge in [0.15, 0.2) is 0 Å². The molecule has 0 radical (unpaired) electrons. The number of carboxylic acids is 1. The number of carboxylic acid groups (broad SMARTS) is 1. The minimum absolute atomic E-state index is 0.0167. The van der Waals surface area contributed by atoms with Gasteiger partial charge in [-0.1, -0.05) is 53.9 Å². The van der Waals surface area contributed by atoms with Crippen LogP contribution in [0.2, 0.25) is 0 Å². The highest BCUT2D eigenvalue weighted by atomic mass is 16.4. The van der Waals surface area contributed by atoms with Crippen LogP contribution >= 0.6 is 0 Å². The van der Waals surface area contributed by atoms with E-state index in [4.69, 9.17) is 5.11 Å². The molecule has 0 bridgehead atoms. The number of hydrogen-bond acceptors (Lipinski definition) is 2. The van der Waals surface area contributed by atoms with Gasteiger partial charge < -0.3 is 10.0 Å². The van der Waals surface area contributed by atoms with Crippen molar-refractivity contribution >= 4 is 11.9 Å². The van der Waals surface area contributed by atoms with Gasteiger partial charge in [-0.2, -0.15) is 0 Å². The number of carbonyl (C=O) groups excluding carboxylic acids is 1. The van der Waals surface area contributed by atoms with E-state index < -0.39 is 5.97 Å². The molecule has 0 spiro atoms. The molecule has 1 aliphatic carbocycles. The van der Waals surface area contributed by atoms with Gasteiger partial charge in [-0.15, -0.1) is 0 Å². The lowest BCUT2D eigenvalue weighted by Gasteiger charge is -2.34. The number of likely N-dealkylation sites (tertiary alicyclic amines) is 1. The minimum atomic E-state index is -0.888. The molecule has 1 amide bonds. The summed E-state index contributed by atoms with van der Waals surface area (Å²) in [7, 11) is 0. The Morgan fingerprint density at radius 3 is 2.27 bits per heavy atom. The van der Waals surface area contributed by atoms with Gasteiger partial charge in [0.2, 0.25) is 5.91 Å². The van der Waals surface area contributed by atoms with Gasteiger partial charge >= 0.3 is 5.97 Å². The number of fused-ring (bicyclic) bond motifs is 1. The van der Waals surface area contributed by atoms with Crippen molar-refractivity contribution in [2.75, 3.05) is 13.1 Å². The summed E-state index contributed by atoms with van der Waals surface area (Å²) in [5, 5.41) is 8.59. The van der Waals surface area contributed by atoms with Crippen LogP contribution in [-0.4, -0.2) is 35.0 Å². The van der Waals surface area contributed by atoms with E-state index >= 15 is 0 Å². The van der Waals surface area contributed by atoms with Crippen LogP contribution in [0.4, 0.5) is 0 Å². The van der Waals surface area contributed by atoms with E-state index in [2.05, 4.69) is 20.8 Å². The Kier molecular flexibility index (Phi) is 10.1. The third-order valence-corrected chi connectivity index (χ3v) is 4.43. The third kappa shape index (κ3) is 6.37. The molecule has 4 heteroatoms. The molecule has 4 nitrogen and oxygen atoms in total. The molecule has 1 aliphatic heterocycles. The van der Waals surface area contributed by atoms with Crippen molar-refractivity contribution in [3.63, 3.8) is 0 Å². The van der Waals surface area contributed by atoms with E-state index in [0.29, 0.717) is 5.92 Å². The van der Waals surface area contributed by atoms with E-state index in [1.54, 1.807) is 0 Å². The highest BCUT2D eigenvalue weighted by Gasteiger charge is 2.45. The summed E-state index contributed by atoms with van der Waals surface area (Å²) in [5.74, 6) is -0.241. The molecule has 0 aromatic rings. The Balaban J connectivity index is 0.000000789. The van der Waals surface area contributed by atoms with Crippen LogP contribution in [0.5, 0.6) is 0 Å². The van der Waals surface area contributed by atoms with Gasteiger partial charge in [-0.05, 0) is 24.2 Å². The second kappa shape index (κ2) is 10.6. The molecule has 1 heterocycles. The predicted molar refractivity (Wildman–Crippen MR) is 90.8 cm³/mol. The fourth-order valence-electron chi connectivity index (χ4n) is 3.32. The van der Waals surface area contributed by atoms with Crippen LogP contribution in [0.1, 0.15) is 79.6 Å². The van der Waals surface area contributed by atoms with Crippen molar-refractivity contribution < 1.29 is 14.7 Å². The zero-order valence-corrected chi connectivity index (χ0v) is 15.2. The minimum Gasteiger partial charge on any atom is -0.481 e. The average molecular weight is 313 g/mol. The van der Waals surface area contributed by atoms with Gasteiger partial charge in [0.25, 0.3) is 0 Å². The highest BCUT2D eigenvalue weighted by Crippen LogP contribution is 2.46. The maximum atomic E-state index is 11.9. The molecule has 0 unspecified atom stereocenters. The molecular weight excluding hydrogens is 278 g/mol. The van der Waals surface area contributed by atoms with Crippen LogP contribution in [-0.2, 0) is 9.59 Å². The number of nitrogens with zero attached hydrogens (tertiary/aromatic N) is 1. The van der Waals surface area contributed by atoms with E-state index in [1.165, 1.54) is 32.1 Å². The number of rotatable bonds is 3. The molecule has 0 aromatic heterocycles. The molecule has 2 atom stereocenters. The van der Waals surface area contributed by atoms with E-state index in [1.807, 2.05) is 18.7 Å². The summed E-state index contributed by atoms with van der Waals surface area (Å²) in [4.78, 5) is 24.2. The normalized spacial score (nSPS) is 26.0. The Labute approximate surface area is 136 Å². The molecule has 2 fully saturated rings. The van der Waals surface area contributed by atoms with Crippen LogP contribution in [0.15, 0.2) is 0 Å². The highest BCUT2D eigenvalue weighted by molar-refractivity contribution is 5.81. The van der Waals surface area contributed by atoms with Gasteiger partial charge in [0.1, 0.15) is 0 Å². The lowest BCUT2D eigenvalue weighted by atomic mass is 9.70. The van der Waals surface area contributed by atoms with Crippen molar-refractivity contribution in [1.29, 1.82) is 0 Å². The molecule has 2 aliphatic rings. The summed E-state index contributed by atoms with van der Waals surface area (Å²) in [6, 6.07) is 0. The van der Waals surface area contributed by atoms with Gasteiger partial charge in [-0.3, -0.25) is 9.59 Å². The monoisotopic (exact) mass is 313 g/mol. The predicted octanol–water partition coefficient (Wildman–Crippen LogP) is 4.33. The first-order chi connectivity index (χ1) is 10.4. The Bertz CT molecular complexity index is 343. The molecule has 2 rings (SSSR count). The van der Waals surface area contributed by atoms with Gasteiger partial charge in [0.05, 0.1) is 6.42 Å². The lowest BCUT2D eigenvalue weighted by molar-refractivity contribution is -0.140. The SMILES string of the molecule is CC.CCC.C[C@@]12CCCC[C@@H]1CN(C(=O)CCC(=O)O)C2. The van der Waals surface area contributed by atoms with Crippen molar-refractivity contribution in [3.8, 4) is 0 Å². The van der Waals surface area contributed by atoms with Crippen molar-refractivity contribution in [2.24, 2.45) is 11.3 Å². The summed E-state index contributed by atoms with van der Waals surface area (Å²) in [5.41, 5.74) is 0.289. The van der Waals surface area contributed by atoms with Crippen LogP contribution in [0.3, 0.4) is 0 Å². The molecular formula is C18H35NO3. The van der Waals surface area contributed by atoms with E-state index in [-0.39, 0.29) is 24.2 Å². The van der Waals surface area contributed by atoms with Crippen molar-refractivity contribution in [1.82, 2.24) is 4.90 Å². The largest absolute Gasteiger partial charge is 0.481 e. The molecule has 130 valence electrons. The van der Waals surface area contributed by atoms with Gasteiger partial charge in [0, 0.05) is 19.5 Å². The molecule has 22 heavy (non-hydrogen) atoms. The molecule has 0 aromatic carbocycles. The number of amides is 1. The summed E-state index contributed by atoms with van der Waals surface area (Å²) in [6.07, 6.45) is 6.33. The molecule has 1 saturated heterocycles. The van der Waals surface area contributed by atoms with Crippen molar-refractivity contribution in [3.05, 3.63) is 0 Å². The second-order valence-corrected chi connectivity index (χ2v) is 6.47. The zero-order chi connectivity index (χ0) is 17.2.